The van der Waals surface area contributed by atoms with Crippen LogP contribution in [0.4, 0.5) is 5.95 Å². The third-order valence-electron chi connectivity index (χ3n) is 6.24. The van der Waals surface area contributed by atoms with Crippen LogP contribution in [0.2, 0.25) is 0 Å². The summed E-state index contributed by atoms with van der Waals surface area (Å²) in [4.78, 5) is 17.3. The SMILES string of the molecule is CCn1c(SCC(=O)N(C2CCCC2)C2CCS(=O)(=O)C2)nnc1N1CCOCC1. The Morgan fingerprint density at radius 2 is 1.90 bits per heavy atom. The van der Waals surface area contributed by atoms with Gasteiger partial charge < -0.3 is 14.5 Å². The molecule has 0 aromatic carbocycles. The third-order valence-corrected chi connectivity index (χ3v) is 8.94. The molecule has 0 N–H and O–H groups in total. The van der Waals surface area contributed by atoms with E-state index in [0.717, 1.165) is 56.4 Å². The summed E-state index contributed by atoms with van der Waals surface area (Å²) in [5, 5.41) is 9.44. The van der Waals surface area contributed by atoms with Gasteiger partial charge in [-0.15, -0.1) is 10.2 Å². The van der Waals surface area contributed by atoms with E-state index in [1.807, 2.05) is 16.4 Å². The maximum Gasteiger partial charge on any atom is 0.233 e. The largest absolute Gasteiger partial charge is 0.378 e. The molecular formula is C19H31N5O4S2. The average molecular weight is 458 g/mol. The van der Waals surface area contributed by atoms with E-state index in [1.54, 1.807) is 0 Å². The maximum atomic E-state index is 13.2. The first-order valence-corrected chi connectivity index (χ1v) is 13.7. The van der Waals surface area contributed by atoms with Crippen LogP contribution in [0.5, 0.6) is 0 Å². The lowest BCUT2D eigenvalue weighted by molar-refractivity contribution is -0.132. The van der Waals surface area contributed by atoms with Gasteiger partial charge in [0.25, 0.3) is 0 Å². The van der Waals surface area contributed by atoms with E-state index in [4.69, 9.17) is 4.74 Å². The molecule has 1 atom stereocenters. The van der Waals surface area contributed by atoms with Crippen LogP contribution < -0.4 is 4.90 Å². The van der Waals surface area contributed by atoms with Gasteiger partial charge in [-0.05, 0) is 26.2 Å². The molecule has 11 heteroatoms. The molecule has 1 aromatic heterocycles. The molecule has 1 saturated carbocycles. The number of carbonyl (C=O) groups excluding carboxylic acids is 1. The molecule has 1 aliphatic carbocycles. The van der Waals surface area contributed by atoms with Crippen LogP contribution in [-0.4, -0.2) is 89.6 Å². The van der Waals surface area contributed by atoms with E-state index in [0.29, 0.717) is 19.6 Å². The van der Waals surface area contributed by atoms with Gasteiger partial charge in [0.05, 0.1) is 30.5 Å². The first-order valence-electron chi connectivity index (χ1n) is 10.9. The number of morpholine rings is 1. The molecule has 30 heavy (non-hydrogen) atoms. The minimum atomic E-state index is -3.03. The summed E-state index contributed by atoms with van der Waals surface area (Å²) in [6.45, 7) is 5.70. The van der Waals surface area contributed by atoms with Gasteiger partial charge in [0, 0.05) is 31.7 Å². The summed E-state index contributed by atoms with van der Waals surface area (Å²) >= 11 is 1.40. The molecule has 2 aliphatic heterocycles. The third kappa shape index (κ3) is 4.77. The number of anilines is 1. The Balaban J connectivity index is 1.45. The van der Waals surface area contributed by atoms with Gasteiger partial charge in [-0.3, -0.25) is 9.36 Å². The summed E-state index contributed by atoms with van der Waals surface area (Å²) in [7, 11) is -3.03. The van der Waals surface area contributed by atoms with Crippen LogP contribution in [0.3, 0.4) is 0 Å². The standard InChI is InChI=1S/C19H31N5O4S2/c1-2-23-18(22-8-10-28-11-9-22)20-21-19(23)29-13-17(25)24(15-5-3-4-6-15)16-7-12-30(26,27)14-16/h15-16H,2-14H2,1H3. The van der Waals surface area contributed by atoms with E-state index in [2.05, 4.69) is 15.1 Å². The maximum absolute atomic E-state index is 13.2. The molecule has 0 bridgehead atoms. The average Bonchev–Trinajstić information content (AvgIpc) is 3.47. The second-order valence-electron chi connectivity index (χ2n) is 8.21. The Kier molecular flexibility index (Phi) is 6.88. The van der Waals surface area contributed by atoms with Crippen molar-refractivity contribution in [1.29, 1.82) is 0 Å². The molecule has 3 heterocycles. The van der Waals surface area contributed by atoms with Crippen molar-refractivity contribution in [1.82, 2.24) is 19.7 Å². The van der Waals surface area contributed by atoms with Gasteiger partial charge >= 0.3 is 0 Å². The van der Waals surface area contributed by atoms with E-state index in [9.17, 15) is 13.2 Å². The number of rotatable bonds is 7. The lowest BCUT2D eigenvalue weighted by atomic mass is 10.1. The fourth-order valence-corrected chi connectivity index (χ4v) is 7.32. The fraction of sp³-hybridized carbons (Fsp3) is 0.842. The molecule has 0 spiro atoms. The predicted molar refractivity (Wildman–Crippen MR) is 116 cm³/mol. The van der Waals surface area contributed by atoms with Gasteiger partial charge in [-0.1, -0.05) is 24.6 Å². The van der Waals surface area contributed by atoms with Crippen molar-refractivity contribution in [3.05, 3.63) is 0 Å². The Morgan fingerprint density at radius 3 is 2.53 bits per heavy atom. The lowest BCUT2D eigenvalue weighted by Gasteiger charge is -2.34. The van der Waals surface area contributed by atoms with Crippen molar-refractivity contribution in [3.8, 4) is 0 Å². The second kappa shape index (κ2) is 9.44. The zero-order valence-corrected chi connectivity index (χ0v) is 19.2. The molecule has 168 valence electrons. The molecule has 3 aliphatic rings. The van der Waals surface area contributed by atoms with Gasteiger partial charge in [-0.2, -0.15) is 0 Å². The smallest absolute Gasteiger partial charge is 0.233 e. The monoisotopic (exact) mass is 457 g/mol. The summed E-state index contributed by atoms with van der Waals surface area (Å²) in [6, 6.07) is -0.0106. The summed E-state index contributed by atoms with van der Waals surface area (Å²) in [6.07, 6.45) is 4.71. The van der Waals surface area contributed by atoms with Crippen molar-refractivity contribution < 1.29 is 17.9 Å². The molecule has 4 rings (SSSR count). The first kappa shape index (κ1) is 21.9. The van der Waals surface area contributed by atoms with E-state index >= 15 is 0 Å². The van der Waals surface area contributed by atoms with Crippen molar-refractivity contribution in [2.24, 2.45) is 0 Å². The number of nitrogens with zero attached hydrogens (tertiary/aromatic N) is 5. The number of hydrogen-bond donors (Lipinski definition) is 0. The van der Waals surface area contributed by atoms with Crippen LogP contribution in [-0.2, 0) is 25.9 Å². The van der Waals surface area contributed by atoms with Gasteiger partial charge in [0.15, 0.2) is 15.0 Å². The highest BCUT2D eigenvalue weighted by Crippen LogP contribution is 2.31. The van der Waals surface area contributed by atoms with Crippen LogP contribution in [0, 0.1) is 0 Å². The molecular weight excluding hydrogens is 426 g/mol. The number of hydrogen-bond acceptors (Lipinski definition) is 8. The van der Waals surface area contributed by atoms with Crippen molar-refractivity contribution in [2.45, 2.75) is 62.8 Å². The minimum absolute atomic E-state index is 0.0209. The van der Waals surface area contributed by atoms with Crippen LogP contribution in [0.1, 0.15) is 39.0 Å². The van der Waals surface area contributed by atoms with E-state index < -0.39 is 9.84 Å². The molecule has 1 unspecified atom stereocenters. The normalized spacial score (nSPS) is 24.4. The fourth-order valence-electron chi connectivity index (χ4n) is 4.75. The molecule has 0 radical (unpaired) electrons. The second-order valence-corrected chi connectivity index (χ2v) is 11.4. The van der Waals surface area contributed by atoms with Crippen LogP contribution in [0.25, 0.3) is 0 Å². The number of amides is 1. The summed E-state index contributed by atoms with van der Waals surface area (Å²) < 4.78 is 31.5. The molecule has 9 nitrogen and oxygen atoms in total. The number of thioether (sulfide) groups is 1. The van der Waals surface area contributed by atoms with Crippen LogP contribution in [0.15, 0.2) is 5.16 Å². The van der Waals surface area contributed by atoms with Crippen molar-refractivity contribution in [3.63, 3.8) is 0 Å². The summed E-state index contributed by atoms with van der Waals surface area (Å²) in [5.41, 5.74) is 0. The van der Waals surface area contributed by atoms with Crippen molar-refractivity contribution in [2.75, 3.05) is 48.5 Å². The quantitative estimate of drug-likeness (QED) is 0.563. The van der Waals surface area contributed by atoms with E-state index in [1.165, 1.54) is 11.8 Å². The highest BCUT2D eigenvalue weighted by Gasteiger charge is 2.39. The highest BCUT2D eigenvalue weighted by atomic mass is 32.2. The van der Waals surface area contributed by atoms with E-state index in [-0.39, 0.29) is 35.2 Å². The molecule has 2 saturated heterocycles. The first-order chi connectivity index (χ1) is 14.5. The van der Waals surface area contributed by atoms with Gasteiger partial charge in [0.1, 0.15) is 0 Å². The molecule has 1 amide bonds. The van der Waals surface area contributed by atoms with Crippen molar-refractivity contribution >= 4 is 33.5 Å². The minimum Gasteiger partial charge on any atom is -0.378 e. The Labute approximate surface area is 182 Å². The molecule has 1 aromatic rings. The topological polar surface area (TPSA) is 97.6 Å². The number of carbonyl (C=O) groups is 1. The lowest BCUT2D eigenvalue weighted by Crippen LogP contribution is -2.47. The predicted octanol–water partition coefficient (Wildman–Crippen LogP) is 1.19. The van der Waals surface area contributed by atoms with Gasteiger partial charge in [-0.25, -0.2) is 8.42 Å². The highest BCUT2D eigenvalue weighted by molar-refractivity contribution is 7.99. The molecule has 3 fully saturated rings. The zero-order valence-electron chi connectivity index (χ0n) is 17.5. The zero-order chi connectivity index (χ0) is 21.1. The van der Waals surface area contributed by atoms with Gasteiger partial charge in [0.2, 0.25) is 11.9 Å². The summed E-state index contributed by atoms with van der Waals surface area (Å²) in [5.74, 6) is 1.40. The Hall–Kier alpha value is -1.33. The number of aromatic nitrogens is 3. The number of ether oxygens (including phenoxy) is 1. The van der Waals surface area contributed by atoms with Crippen LogP contribution >= 0.6 is 11.8 Å². The Morgan fingerprint density at radius 1 is 1.17 bits per heavy atom. The Bertz CT molecular complexity index is 847. The number of sulfone groups is 1.